The molecule has 1 aromatic carbocycles. The van der Waals surface area contributed by atoms with E-state index in [1.165, 1.54) is 5.56 Å². The molecule has 0 bridgehead atoms. The van der Waals surface area contributed by atoms with Gasteiger partial charge in [0, 0.05) is 25.4 Å². The van der Waals surface area contributed by atoms with E-state index in [9.17, 15) is 4.79 Å². The van der Waals surface area contributed by atoms with E-state index < -0.39 is 0 Å². The molecule has 0 saturated heterocycles. The van der Waals surface area contributed by atoms with Gasteiger partial charge in [-0.15, -0.1) is 0 Å². The summed E-state index contributed by atoms with van der Waals surface area (Å²) in [6.45, 7) is 2.51. The zero-order valence-electron chi connectivity index (χ0n) is 11.5. The number of carbonyl (C=O) groups is 1. The zero-order chi connectivity index (χ0) is 13.9. The molecule has 0 spiro atoms. The topological polar surface area (TPSA) is 41.5 Å². The summed E-state index contributed by atoms with van der Waals surface area (Å²) < 4.78 is 0. The van der Waals surface area contributed by atoms with Crippen molar-refractivity contribution in [3.63, 3.8) is 0 Å². The van der Waals surface area contributed by atoms with Gasteiger partial charge in [0.25, 0.3) is 5.91 Å². The predicted molar refractivity (Wildman–Crippen MR) is 80.5 cm³/mol. The summed E-state index contributed by atoms with van der Waals surface area (Å²) in [5.74, 6) is -0.0751. The predicted octanol–water partition coefficient (Wildman–Crippen LogP) is 2.55. The van der Waals surface area contributed by atoms with Crippen molar-refractivity contribution in [3.05, 3.63) is 59.7 Å². The number of allylic oxidation sites excluding steroid dienone is 2. The van der Waals surface area contributed by atoms with E-state index in [1.54, 1.807) is 25.4 Å². The number of hydrogen-bond donors (Lipinski definition) is 1. The normalized spacial score (nSPS) is 12.2. The second-order valence-corrected chi connectivity index (χ2v) is 4.02. The molecule has 1 amide bonds. The van der Waals surface area contributed by atoms with E-state index >= 15 is 0 Å². The van der Waals surface area contributed by atoms with Crippen molar-refractivity contribution in [3.8, 4) is 0 Å². The molecule has 0 atom stereocenters. The lowest BCUT2D eigenvalue weighted by Crippen LogP contribution is -2.26. The van der Waals surface area contributed by atoms with Gasteiger partial charge in [0.05, 0.1) is 0 Å². The maximum Gasteiger partial charge on any atom is 0.251 e. The Morgan fingerprint density at radius 3 is 2.68 bits per heavy atom. The molecule has 0 radical (unpaired) electrons. The average Bonchev–Trinajstić information content (AvgIpc) is 2.44. The van der Waals surface area contributed by atoms with Crippen molar-refractivity contribution in [1.82, 2.24) is 5.32 Å². The summed E-state index contributed by atoms with van der Waals surface area (Å²) in [7, 11) is 1.68. The van der Waals surface area contributed by atoms with Crippen LogP contribution in [0.3, 0.4) is 0 Å². The molecular weight excluding hydrogens is 236 g/mol. The van der Waals surface area contributed by atoms with E-state index in [2.05, 4.69) is 22.4 Å². The van der Waals surface area contributed by atoms with Crippen LogP contribution in [0.15, 0.2) is 59.1 Å². The fraction of sp³-hybridized carbons (Fsp3) is 0.250. The molecule has 19 heavy (non-hydrogen) atoms. The Morgan fingerprint density at radius 2 is 2.05 bits per heavy atom. The van der Waals surface area contributed by atoms with Crippen LogP contribution < -0.4 is 5.32 Å². The summed E-state index contributed by atoms with van der Waals surface area (Å²) in [5, 5.41) is 2.90. The van der Waals surface area contributed by atoms with Gasteiger partial charge in [0.15, 0.2) is 0 Å². The minimum atomic E-state index is -0.0751. The molecular formula is C16H20N2O. The third-order valence-electron chi connectivity index (χ3n) is 2.55. The van der Waals surface area contributed by atoms with Gasteiger partial charge in [-0.25, -0.2) is 0 Å². The highest BCUT2D eigenvalue weighted by Crippen LogP contribution is 2.00. The van der Waals surface area contributed by atoms with Gasteiger partial charge in [0.2, 0.25) is 0 Å². The lowest BCUT2D eigenvalue weighted by Gasteiger charge is -2.05. The first-order chi connectivity index (χ1) is 9.27. The summed E-state index contributed by atoms with van der Waals surface area (Å²) in [6.07, 6.45) is 7.77. The van der Waals surface area contributed by atoms with Gasteiger partial charge in [0.1, 0.15) is 0 Å². The Balaban J connectivity index is 2.49. The van der Waals surface area contributed by atoms with Crippen LogP contribution in [0, 0.1) is 0 Å². The molecule has 0 aromatic heterocycles. The van der Waals surface area contributed by atoms with Crippen molar-refractivity contribution in [1.29, 1.82) is 0 Å². The van der Waals surface area contributed by atoms with Crippen LogP contribution in [0.2, 0.25) is 0 Å². The summed E-state index contributed by atoms with van der Waals surface area (Å²) in [5.41, 5.74) is 1.83. The Bertz CT molecular complexity index is 473. The summed E-state index contributed by atoms with van der Waals surface area (Å²) >= 11 is 0. The van der Waals surface area contributed by atoms with Gasteiger partial charge in [-0.2, -0.15) is 0 Å². The number of rotatable bonds is 6. The largest absolute Gasteiger partial charge is 0.352 e. The Kier molecular flexibility index (Phi) is 6.95. The van der Waals surface area contributed by atoms with E-state index in [0.717, 1.165) is 6.42 Å². The molecule has 1 N–H and O–H groups in total. The first-order valence-corrected chi connectivity index (χ1v) is 6.35. The molecule has 3 nitrogen and oxygen atoms in total. The van der Waals surface area contributed by atoms with Crippen LogP contribution in [0.1, 0.15) is 12.5 Å². The van der Waals surface area contributed by atoms with Gasteiger partial charge in [-0.1, -0.05) is 42.5 Å². The van der Waals surface area contributed by atoms with E-state index in [4.69, 9.17) is 0 Å². The number of hydrogen-bond acceptors (Lipinski definition) is 2. The van der Waals surface area contributed by atoms with E-state index in [1.807, 2.05) is 31.2 Å². The fourth-order valence-corrected chi connectivity index (χ4v) is 1.61. The molecule has 100 valence electrons. The van der Waals surface area contributed by atoms with Crippen LogP contribution in [0.5, 0.6) is 0 Å². The molecule has 3 heteroatoms. The highest BCUT2D eigenvalue weighted by molar-refractivity contribution is 5.99. The molecule has 0 aliphatic heterocycles. The first-order valence-electron chi connectivity index (χ1n) is 6.35. The minimum absolute atomic E-state index is 0.0751. The number of amides is 1. The van der Waals surface area contributed by atoms with E-state index in [0.29, 0.717) is 12.1 Å². The quantitative estimate of drug-likeness (QED) is 0.474. The summed E-state index contributed by atoms with van der Waals surface area (Å²) in [4.78, 5) is 15.8. The van der Waals surface area contributed by atoms with Crippen molar-refractivity contribution >= 4 is 12.1 Å². The van der Waals surface area contributed by atoms with Crippen molar-refractivity contribution < 1.29 is 4.79 Å². The Morgan fingerprint density at radius 1 is 1.32 bits per heavy atom. The molecule has 1 rings (SSSR count). The van der Waals surface area contributed by atoms with Gasteiger partial charge in [-0.05, 0) is 25.0 Å². The van der Waals surface area contributed by atoms with Crippen LogP contribution in [-0.4, -0.2) is 25.7 Å². The van der Waals surface area contributed by atoms with Crippen molar-refractivity contribution in [2.75, 3.05) is 13.6 Å². The lowest BCUT2D eigenvalue weighted by molar-refractivity contribution is -0.117. The highest BCUT2D eigenvalue weighted by Gasteiger charge is 2.04. The van der Waals surface area contributed by atoms with Gasteiger partial charge in [-0.3, -0.25) is 9.79 Å². The van der Waals surface area contributed by atoms with Gasteiger partial charge >= 0.3 is 0 Å². The Labute approximate surface area is 114 Å². The fourth-order valence-electron chi connectivity index (χ4n) is 1.61. The van der Waals surface area contributed by atoms with Crippen molar-refractivity contribution in [2.45, 2.75) is 13.3 Å². The maximum atomic E-state index is 11.9. The zero-order valence-corrected chi connectivity index (χ0v) is 11.5. The van der Waals surface area contributed by atoms with Crippen LogP contribution in [0.4, 0.5) is 0 Å². The molecule has 0 saturated carbocycles. The SMILES string of the molecule is C\C=C/C(=C\C=N\C)C(=O)NCCc1ccccc1. The van der Waals surface area contributed by atoms with Crippen LogP contribution >= 0.6 is 0 Å². The van der Waals surface area contributed by atoms with Crippen LogP contribution in [-0.2, 0) is 11.2 Å². The molecule has 0 aliphatic rings. The minimum Gasteiger partial charge on any atom is -0.352 e. The van der Waals surface area contributed by atoms with Crippen LogP contribution in [0.25, 0.3) is 0 Å². The standard InChI is InChI=1S/C16H20N2O/c1-3-7-15(11-12-17-2)16(19)18-13-10-14-8-5-4-6-9-14/h3-9,11-12H,10,13H2,1-2H3,(H,18,19)/b7-3-,15-11+,17-12+. The second-order valence-electron chi connectivity index (χ2n) is 4.02. The number of nitrogens with zero attached hydrogens (tertiary/aromatic N) is 1. The smallest absolute Gasteiger partial charge is 0.251 e. The maximum absolute atomic E-state index is 11.9. The third kappa shape index (κ3) is 5.82. The molecule has 0 aliphatic carbocycles. The summed E-state index contributed by atoms with van der Waals surface area (Å²) in [6, 6.07) is 10.1. The third-order valence-corrected chi connectivity index (χ3v) is 2.55. The Hall–Kier alpha value is -2.16. The highest BCUT2D eigenvalue weighted by atomic mass is 16.1. The van der Waals surface area contributed by atoms with E-state index in [-0.39, 0.29) is 5.91 Å². The molecule has 1 aromatic rings. The average molecular weight is 256 g/mol. The number of benzene rings is 1. The van der Waals surface area contributed by atoms with Gasteiger partial charge < -0.3 is 5.32 Å². The monoisotopic (exact) mass is 256 g/mol. The first kappa shape index (κ1) is 14.9. The number of nitrogens with one attached hydrogen (secondary N) is 1. The molecule has 0 heterocycles. The molecule has 0 unspecified atom stereocenters. The lowest BCUT2D eigenvalue weighted by atomic mass is 10.1. The van der Waals surface area contributed by atoms with Crippen molar-refractivity contribution in [2.24, 2.45) is 4.99 Å². The molecule has 0 fully saturated rings. The number of carbonyl (C=O) groups excluding carboxylic acids is 1. The second kappa shape index (κ2) is 8.86. The number of aliphatic imine (C=N–C) groups is 1.